The molecule has 0 unspecified atom stereocenters. The molecular weight excluding hydrogens is 185 g/mol. The van der Waals surface area contributed by atoms with Gasteiger partial charge in [-0.1, -0.05) is 0 Å². The number of sulfonamides is 1. The summed E-state index contributed by atoms with van der Waals surface area (Å²) >= 11 is 0. The second-order valence-electron chi connectivity index (χ2n) is 3.07. The van der Waals surface area contributed by atoms with Crippen LogP contribution < -0.4 is 5.14 Å². The number of hydrogen-bond donors (Lipinski definition) is 1. The Hall–Kier alpha value is -0.200. The van der Waals surface area contributed by atoms with E-state index in [1.807, 2.05) is 0 Å². The van der Waals surface area contributed by atoms with Crippen LogP contribution in [0.5, 0.6) is 0 Å². The van der Waals surface area contributed by atoms with Gasteiger partial charge in [-0.2, -0.15) is 0 Å². The molecule has 1 fully saturated rings. The minimum atomic E-state index is -3.71. The lowest BCUT2D eigenvalue weighted by atomic mass is 9.99. The minimum absolute atomic E-state index is 0.115. The Morgan fingerprint density at radius 3 is 2.33 bits per heavy atom. The van der Waals surface area contributed by atoms with Gasteiger partial charge in [0.15, 0.2) is 0 Å². The van der Waals surface area contributed by atoms with Gasteiger partial charge in [-0.15, -0.1) is 0 Å². The van der Waals surface area contributed by atoms with Gasteiger partial charge in [0.25, 0.3) is 0 Å². The van der Waals surface area contributed by atoms with Crippen LogP contribution in [0.1, 0.15) is 12.8 Å². The molecule has 1 aliphatic heterocycles. The van der Waals surface area contributed by atoms with Crippen LogP contribution in [-0.2, 0) is 14.8 Å². The second-order valence-corrected chi connectivity index (χ2v) is 4.68. The van der Waals surface area contributed by atoms with Crippen LogP contribution in [0.3, 0.4) is 0 Å². The van der Waals surface area contributed by atoms with Crippen molar-refractivity contribution in [1.29, 1.82) is 0 Å². The molecule has 1 heterocycles. The average Bonchev–Trinajstić information content (AvgIpc) is 1.83. The monoisotopic (exact) mass is 197 g/mol. The largest absolute Gasteiger partial charge is 0.381 e. The topological polar surface area (TPSA) is 69.4 Å². The zero-order valence-electron chi connectivity index (χ0n) is 6.62. The molecule has 0 saturated carbocycles. The fourth-order valence-corrected chi connectivity index (χ4v) is 2.25. The Bertz CT molecular complexity index is 246. The second kappa shape index (κ2) is 3.27. The zero-order valence-corrected chi connectivity index (χ0v) is 7.44. The molecule has 2 N–H and O–H groups in total. The Labute approximate surface area is 70.9 Å². The summed E-state index contributed by atoms with van der Waals surface area (Å²) in [5, 5.41) is 4.74. The molecule has 0 radical (unpaired) electrons. The van der Waals surface area contributed by atoms with Crippen LogP contribution in [0.4, 0.5) is 4.39 Å². The minimum Gasteiger partial charge on any atom is -0.381 e. The van der Waals surface area contributed by atoms with Gasteiger partial charge in [-0.25, -0.2) is 17.9 Å². The molecule has 6 heteroatoms. The number of primary sulfonamides is 1. The molecule has 72 valence electrons. The van der Waals surface area contributed by atoms with Crippen LogP contribution in [0.25, 0.3) is 0 Å². The van der Waals surface area contributed by atoms with E-state index >= 15 is 0 Å². The van der Waals surface area contributed by atoms with Crippen LogP contribution in [0.2, 0.25) is 0 Å². The maximum atomic E-state index is 13.5. The van der Waals surface area contributed by atoms with Crippen molar-refractivity contribution < 1.29 is 17.5 Å². The highest BCUT2D eigenvalue weighted by molar-refractivity contribution is 7.89. The van der Waals surface area contributed by atoms with Gasteiger partial charge >= 0.3 is 0 Å². The lowest BCUT2D eigenvalue weighted by Gasteiger charge is -2.28. The average molecular weight is 197 g/mol. The van der Waals surface area contributed by atoms with Crippen LogP contribution >= 0.6 is 0 Å². The molecular formula is C6H12FNO3S. The van der Waals surface area contributed by atoms with Gasteiger partial charge in [0.2, 0.25) is 10.0 Å². The Balaban J connectivity index is 2.59. The number of nitrogens with two attached hydrogens (primary N) is 1. The van der Waals surface area contributed by atoms with E-state index in [1.54, 1.807) is 0 Å². The first-order valence-corrected chi connectivity index (χ1v) is 5.40. The van der Waals surface area contributed by atoms with Crippen molar-refractivity contribution >= 4 is 10.0 Å². The van der Waals surface area contributed by atoms with E-state index in [0.29, 0.717) is 0 Å². The van der Waals surface area contributed by atoms with Crippen molar-refractivity contribution in [2.75, 3.05) is 19.0 Å². The van der Waals surface area contributed by atoms with Crippen LogP contribution in [-0.4, -0.2) is 33.1 Å². The molecule has 0 aromatic heterocycles. The zero-order chi connectivity index (χ0) is 9.24. The van der Waals surface area contributed by atoms with E-state index in [-0.39, 0.29) is 26.1 Å². The molecule has 0 atom stereocenters. The molecule has 0 aromatic carbocycles. The number of rotatable bonds is 2. The third-order valence-corrected chi connectivity index (χ3v) is 2.77. The first-order chi connectivity index (χ1) is 5.41. The highest BCUT2D eigenvalue weighted by Gasteiger charge is 2.35. The predicted octanol–water partition coefficient (Wildman–Crippen LogP) is -0.206. The van der Waals surface area contributed by atoms with Gasteiger partial charge in [0, 0.05) is 26.1 Å². The molecule has 12 heavy (non-hydrogen) atoms. The van der Waals surface area contributed by atoms with Gasteiger partial charge < -0.3 is 4.74 Å². The number of halogens is 1. The summed E-state index contributed by atoms with van der Waals surface area (Å²) < 4.78 is 39.6. The van der Waals surface area contributed by atoms with Crippen LogP contribution in [0.15, 0.2) is 0 Å². The van der Waals surface area contributed by atoms with Crippen molar-refractivity contribution in [2.24, 2.45) is 5.14 Å². The molecule has 1 aliphatic rings. The van der Waals surface area contributed by atoms with E-state index in [2.05, 4.69) is 0 Å². The molecule has 0 spiro atoms. The number of alkyl halides is 1. The van der Waals surface area contributed by atoms with E-state index < -0.39 is 21.4 Å². The van der Waals surface area contributed by atoms with Crippen LogP contribution in [0, 0.1) is 0 Å². The SMILES string of the molecule is NS(=O)(=O)CC1(F)CCOCC1. The van der Waals surface area contributed by atoms with Crippen molar-refractivity contribution in [2.45, 2.75) is 18.5 Å². The summed E-state index contributed by atoms with van der Waals surface area (Å²) in [7, 11) is -3.71. The maximum Gasteiger partial charge on any atom is 0.212 e. The number of ether oxygens (including phenoxy) is 1. The standard InChI is InChI=1S/C6H12FNO3S/c7-6(5-12(8,9)10)1-3-11-4-2-6/h1-5H2,(H2,8,9,10). The van der Waals surface area contributed by atoms with E-state index in [1.165, 1.54) is 0 Å². The van der Waals surface area contributed by atoms with Gasteiger partial charge in [-0.05, 0) is 0 Å². The van der Waals surface area contributed by atoms with Crippen molar-refractivity contribution in [1.82, 2.24) is 0 Å². The van der Waals surface area contributed by atoms with Gasteiger partial charge in [0.1, 0.15) is 5.67 Å². The first kappa shape index (κ1) is 9.88. The van der Waals surface area contributed by atoms with Gasteiger partial charge in [0.05, 0.1) is 5.75 Å². The fourth-order valence-electron chi connectivity index (χ4n) is 1.24. The van der Waals surface area contributed by atoms with Crippen molar-refractivity contribution in [3.63, 3.8) is 0 Å². The molecule has 1 saturated heterocycles. The summed E-state index contributed by atoms with van der Waals surface area (Å²) in [6, 6.07) is 0. The molecule has 1 rings (SSSR count). The molecule has 0 aliphatic carbocycles. The first-order valence-electron chi connectivity index (χ1n) is 3.68. The molecule has 0 aromatic rings. The Kier molecular flexibility index (Phi) is 2.70. The molecule has 0 amide bonds. The Morgan fingerprint density at radius 2 is 1.92 bits per heavy atom. The number of hydrogen-bond acceptors (Lipinski definition) is 3. The van der Waals surface area contributed by atoms with E-state index in [0.717, 1.165) is 0 Å². The third kappa shape index (κ3) is 3.04. The summed E-state index contributed by atoms with van der Waals surface area (Å²) in [6.07, 6.45) is 0.229. The fraction of sp³-hybridized carbons (Fsp3) is 1.00. The predicted molar refractivity (Wildman–Crippen MR) is 41.9 cm³/mol. The molecule has 0 bridgehead atoms. The third-order valence-electron chi connectivity index (χ3n) is 1.85. The van der Waals surface area contributed by atoms with E-state index in [4.69, 9.17) is 9.88 Å². The van der Waals surface area contributed by atoms with Crippen molar-refractivity contribution in [3.8, 4) is 0 Å². The highest BCUT2D eigenvalue weighted by atomic mass is 32.2. The van der Waals surface area contributed by atoms with E-state index in [9.17, 15) is 12.8 Å². The maximum absolute atomic E-state index is 13.5. The lowest BCUT2D eigenvalue weighted by molar-refractivity contribution is 0.00381. The normalized spacial score (nSPS) is 23.8. The summed E-state index contributed by atoms with van der Waals surface area (Å²) in [4.78, 5) is 0. The highest BCUT2D eigenvalue weighted by Crippen LogP contribution is 2.25. The summed E-state index contributed by atoms with van der Waals surface area (Å²) in [6.45, 7) is 0.540. The quantitative estimate of drug-likeness (QED) is 0.666. The lowest BCUT2D eigenvalue weighted by Crippen LogP contribution is -2.40. The Morgan fingerprint density at radius 1 is 1.42 bits per heavy atom. The van der Waals surface area contributed by atoms with Crippen molar-refractivity contribution in [3.05, 3.63) is 0 Å². The smallest absolute Gasteiger partial charge is 0.212 e. The summed E-state index contributed by atoms with van der Waals surface area (Å²) in [5.74, 6) is -0.594. The molecule has 4 nitrogen and oxygen atoms in total. The summed E-state index contributed by atoms with van der Waals surface area (Å²) in [5.41, 5.74) is -1.67. The van der Waals surface area contributed by atoms with Gasteiger partial charge in [-0.3, -0.25) is 0 Å².